The van der Waals surface area contributed by atoms with Gasteiger partial charge in [0.15, 0.2) is 0 Å². The lowest BCUT2D eigenvalue weighted by Crippen LogP contribution is -2.23. The molecule has 0 unspecified atom stereocenters. The van der Waals surface area contributed by atoms with E-state index in [0.29, 0.717) is 16.6 Å². The number of anilines is 2. The minimum Gasteiger partial charge on any atom is -0.396 e. The number of nitrogens with two attached hydrogens (primary N) is 1. The van der Waals surface area contributed by atoms with Crippen molar-refractivity contribution in [3.8, 4) is 0 Å². The van der Waals surface area contributed by atoms with Crippen molar-refractivity contribution in [2.75, 3.05) is 11.1 Å². The highest BCUT2D eigenvalue weighted by atomic mass is 79.9. The summed E-state index contributed by atoms with van der Waals surface area (Å²) in [5.41, 5.74) is 6.75. The number of carbonyl (C=O) groups excluding carboxylic acids is 1. The van der Waals surface area contributed by atoms with Crippen LogP contribution in [-0.4, -0.2) is 15.5 Å². The second-order valence-electron chi connectivity index (χ2n) is 5.56. The Morgan fingerprint density at radius 2 is 1.92 bits per heavy atom. The standard InChI is InChI=1S/C17H13BrCl2N4O2/c18-9-1-2-14-11(5-9)17(26)24(8-22-14)4-3-15(25)23-10-6-12(19)16(21)13(20)7-10/h1-2,5-8H,3-4,21H2,(H,23,25). The van der Waals surface area contributed by atoms with Gasteiger partial charge in [0, 0.05) is 23.1 Å². The third-order valence-corrected chi connectivity index (χ3v) is 4.85. The summed E-state index contributed by atoms with van der Waals surface area (Å²) in [5, 5.41) is 3.68. The Labute approximate surface area is 167 Å². The van der Waals surface area contributed by atoms with Gasteiger partial charge in [-0.1, -0.05) is 39.1 Å². The highest BCUT2D eigenvalue weighted by molar-refractivity contribution is 9.10. The van der Waals surface area contributed by atoms with Gasteiger partial charge >= 0.3 is 0 Å². The first-order chi connectivity index (χ1) is 12.3. The van der Waals surface area contributed by atoms with Crippen LogP contribution >= 0.6 is 39.1 Å². The van der Waals surface area contributed by atoms with Crippen LogP contribution in [0.4, 0.5) is 11.4 Å². The fourth-order valence-electron chi connectivity index (χ4n) is 2.39. The zero-order chi connectivity index (χ0) is 18.8. The highest BCUT2D eigenvalue weighted by Crippen LogP contribution is 2.31. The van der Waals surface area contributed by atoms with Crippen LogP contribution in [0.5, 0.6) is 0 Å². The predicted molar refractivity (Wildman–Crippen MR) is 108 cm³/mol. The van der Waals surface area contributed by atoms with E-state index >= 15 is 0 Å². The third-order valence-electron chi connectivity index (χ3n) is 3.73. The fourth-order valence-corrected chi connectivity index (χ4v) is 3.24. The molecule has 3 N–H and O–H groups in total. The number of amides is 1. The Balaban J connectivity index is 1.73. The van der Waals surface area contributed by atoms with Crippen LogP contribution in [0, 0.1) is 0 Å². The molecule has 0 bridgehead atoms. The topological polar surface area (TPSA) is 90.0 Å². The average molecular weight is 456 g/mol. The molecule has 2 aromatic carbocycles. The second-order valence-corrected chi connectivity index (χ2v) is 7.29. The van der Waals surface area contributed by atoms with Crippen LogP contribution in [0.15, 0.2) is 45.9 Å². The molecule has 0 saturated heterocycles. The minimum absolute atomic E-state index is 0.0840. The predicted octanol–water partition coefficient (Wildman–Crippen LogP) is 4.08. The molecular formula is C17H13BrCl2N4O2. The number of hydrogen-bond donors (Lipinski definition) is 2. The van der Waals surface area contributed by atoms with E-state index in [1.165, 1.54) is 23.0 Å². The number of fused-ring (bicyclic) bond motifs is 1. The van der Waals surface area contributed by atoms with E-state index in [9.17, 15) is 9.59 Å². The first-order valence-corrected chi connectivity index (χ1v) is 9.09. The van der Waals surface area contributed by atoms with E-state index in [2.05, 4.69) is 26.2 Å². The van der Waals surface area contributed by atoms with E-state index in [1.807, 2.05) is 6.07 Å². The third kappa shape index (κ3) is 4.00. The van der Waals surface area contributed by atoms with E-state index in [-0.39, 0.29) is 40.2 Å². The van der Waals surface area contributed by atoms with Crippen molar-refractivity contribution >= 4 is 67.3 Å². The van der Waals surface area contributed by atoms with Crippen molar-refractivity contribution in [1.82, 2.24) is 9.55 Å². The molecule has 9 heteroatoms. The number of aryl methyl sites for hydroxylation is 1. The number of carbonyl (C=O) groups is 1. The van der Waals surface area contributed by atoms with Gasteiger partial charge in [0.05, 0.1) is 33.0 Å². The molecule has 0 aliphatic heterocycles. The highest BCUT2D eigenvalue weighted by Gasteiger charge is 2.10. The molecule has 3 rings (SSSR count). The fraction of sp³-hybridized carbons (Fsp3) is 0.118. The van der Waals surface area contributed by atoms with Gasteiger partial charge in [-0.15, -0.1) is 0 Å². The average Bonchev–Trinajstić information content (AvgIpc) is 2.59. The van der Waals surface area contributed by atoms with Gasteiger partial charge in [0.1, 0.15) is 0 Å². The van der Waals surface area contributed by atoms with Crippen molar-refractivity contribution in [3.05, 3.63) is 61.5 Å². The Hall–Kier alpha value is -2.09. The summed E-state index contributed by atoms with van der Waals surface area (Å²) in [6.07, 6.45) is 1.52. The maximum atomic E-state index is 12.5. The molecule has 26 heavy (non-hydrogen) atoms. The van der Waals surface area contributed by atoms with Gasteiger partial charge in [0.25, 0.3) is 5.56 Å². The molecular weight excluding hydrogens is 443 g/mol. The Morgan fingerprint density at radius 3 is 2.62 bits per heavy atom. The molecule has 0 aliphatic carbocycles. The van der Waals surface area contributed by atoms with Crippen LogP contribution in [0.1, 0.15) is 6.42 Å². The van der Waals surface area contributed by atoms with Gasteiger partial charge in [-0.05, 0) is 30.3 Å². The molecule has 1 amide bonds. The van der Waals surface area contributed by atoms with E-state index in [0.717, 1.165) is 4.47 Å². The number of benzene rings is 2. The van der Waals surface area contributed by atoms with Crippen LogP contribution in [0.3, 0.4) is 0 Å². The number of rotatable bonds is 4. The van der Waals surface area contributed by atoms with Gasteiger partial charge in [-0.3, -0.25) is 14.2 Å². The summed E-state index contributed by atoms with van der Waals surface area (Å²) in [7, 11) is 0. The van der Waals surface area contributed by atoms with E-state index < -0.39 is 0 Å². The molecule has 0 aliphatic rings. The van der Waals surface area contributed by atoms with Gasteiger partial charge in [-0.2, -0.15) is 0 Å². The molecule has 134 valence electrons. The van der Waals surface area contributed by atoms with E-state index in [4.69, 9.17) is 28.9 Å². The summed E-state index contributed by atoms with van der Waals surface area (Å²) in [6.45, 7) is 0.191. The molecule has 3 aromatic rings. The van der Waals surface area contributed by atoms with Crippen LogP contribution in [0.25, 0.3) is 10.9 Å². The van der Waals surface area contributed by atoms with E-state index in [1.54, 1.807) is 12.1 Å². The monoisotopic (exact) mass is 454 g/mol. The number of nitrogens with one attached hydrogen (secondary N) is 1. The number of halogens is 3. The summed E-state index contributed by atoms with van der Waals surface area (Å²) < 4.78 is 2.19. The maximum absolute atomic E-state index is 12.5. The largest absolute Gasteiger partial charge is 0.396 e. The first kappa shape index (κ1) is 18.7. The number of hydrogen-bond acceptors (Lipinski definition) is 4. The number of nitrogen functional groups attached to an aromatic ring is 1. The zero-order valence-electron chi connectivity index (χ0n) is 13.3. The maximum Gasteiger partial charge on any atom is 0.261 e. The van der Waals surface area contributed by atoms with Crippen molar-refractivity contribution < 1.29 is 4.79 Å². The minimum atomic E-state index is -0.289. The molecule has 1 heterocycles. The first-order valence-electron chi connectivity index (χ1n) is 7.54. The number of aromatic nitrogens is 2. The Kier molecular flexibility index (Phi) is 5.50. The van der Waals surface area contributed by atoms with Crippen molar-refractivity contribution in [2.45, 2.75) is 13.0 Å². The van der Waals surface area contributed by atoms with Crippen LogP contribution < -0.4 is 16.6 Å². The van der Waals surface area contributed by atoms with Crippen molar-refractivity contribution in [3.63, 3.8) is 0 Å². The lowest BCUT2D eigenvalue weighted by Gasteiger charge is -2.10. The lowest BCUT2D eigenvalue weighted by atomic mass is 10.2. The molecule has 1 aromatic heterocycles. The summed E-state index contributed by atoms with van der Waals surface area (Å²) >= 11 is 15.2. The Bertz CT molecular complexity index is 1050. The zero-order valence-corrected chi connectivity index (χ0v) is 16.4. The van der Waals surface area contributed by atoms with Gasteiger partial charge < -0.3 is 11.1 Å². The Morgan fingerprint density at radius 1 is 1.23 bits per heavy atom. The molecule has 6 nitrogen and oxygen atoms in total. The van der Waals surface area contributed by atoms with Crippen molar-refractivity contribution in [1.29, 1.82) is 0 Å². The van der Waals surface area contributed by atoms with Gasteiger partial charge in [0.2, 0.25) is 5.91 Å². The molecule has 0 saturated carbocycles. The molecule has 0 atom stereocenters. The van der Waals surface area contributed by atoms with Gasteiger partial charge in [-0.25, -0.2) is 4.98 Å². The SMILES string of the molecule is Nc1c(Cl)cc(NC(=O)CCn2cnc3ccc(Br)cc3c2=O)cc1Cl. The quantitative estimate of drug-likeness (QED) is 0.580. The summed E-state index contributed by atoms with van der Waals surface area (Å²) in [5.74, 6) is -0.289. The van der Waals surface area contributed by atoms with Crippen LogP contribution in [-0.2, 0) is 11.3 Å². The molecule has 0 spiro atoms. The second kappa shape index (κ2) is 7.65. The normalized spacial score (nSPS) is 10.9. The smallest absolute Gasteiger partial charge is 0.261 e. The molecule has 0 fully saturated rings. The summed E-state index contributed by atoms with van der Waals surface area (Å²) in [6, 6.07) is 8.31. The molecule has 0 radical (unpaired) electrons. The lowest BCUT2D eigenvalue weighted by molar-refractivity contribution is -0.116. The van der Waals surface area contributed by atoms with Crippen LogP contribution in [0.2, 0.25) is 10.0 Å². The van der Waals surface area contributed by atoms with Crippen molar-refractivity contribution in [2.24, 2.45) is 0 Å². The summed E-state index contributed by atoms with van der Waals surface area (Å²) in [4.78, 5) is 28.9. The number of nitrogens with zero attached hydrogens (tertiary/aromatic N) is 2.